The molecule has 0 saturated carbocycles. The lowest BCUT2D eigenvalue weighted by molar-refractivity contribution is -0.137. The van der Waals surface area contributed by atoms with E-state index in [1.165, 1.54) is 6.07 Å². The second-order valence-electron chi connectivity index (χ2n) is 2.67. The molecule has 0 atom stereocenters. The van der Waals surface area contributed by atoms with Crippen LogP contribution in [0, 0.1) is 3.77 Å². The Morgan fingerprint density at radius 2 is 2.00 bits per heavy atom. The molecule has 0 saturated heterocycles. The summed E-state index contributed by atoms with van der Waals surface area (Å²) in [6, 6.07) is 2.53. The highest BCUT2D eigenvalue weighted by Crippen LogP contribution is 2.31. The molecule has 74 valence electrons. The summed E-state index contributed by atoms with van der Waals surface area (Å²) in [6.45, 7) is 0. The Hall–Kier alpha value is -0.790. The summed E-state index contributed by atoms with van der Waals surface area (Å²) >= 11 is 1.88. The molecule has 0 radical (unpaired) electrons. The normalized spacial score (nSPS) is 12.3. The van der Waals surface area contributed by atoms with E-state index in [2.05, 4.69) is 4.98 Å². The van der Waals surface area contributed by atoms with E-state index in [1.54, 1.807) is 0 Å². The predicted octanol–water partition coefficient (Wildman–Crippen LogP) is 3.45. The van der Waals surface area contributed by atoms with Crippen molar-refractivity contribution in [2.75, 3.05) is 0 Å². The number of furan rings is 1. The molecule has 0 amide bonds. The zero-order valence-electron chi connectivity index (χ0n) is 6.60. The number of fused-ring (bicyclic) bond motifs is 1. The Morgan fingerprint density at radius 1 is 1.29 bits per heavy atom. The van der Waals surface area contributed by atoms with Crippen LogP contribution in [-0.2, 0) is 6.18 Å². The lowest BCUT2D eigenvalue weighted by Crippen LogP contribution is -2.04. The van der Waals surface area contributed by atoms with Gasteiger partial charge in [0, 0.05) is 11.6 Å². The minimum absolute atomic E-state index is 0.224. The first-order valence-corrected chi connectivity index (χ1v) is 4.67. The molecule has 2 rings (SSSR count). The Kier molecular flexibility index (Phi) is 2.17. The van der Waals surface area contributed by atoms with Crippen LogP contribution in [0.15, 0.2) is 22.7 Å². The van der Waals surface area contributed by atoms with Gasteiger partial charge in [0.05, 0.1) is 5.56 Å². The van der Waals surface area contributed by atoms with Crippen LogP contribution in [0.25, 0.3) is 11.1 Å². The van der Waals surface area contributed by atoms with Crippen molar-refractivity contribution in [2.45, 2.75) is 6.18 Å². The van der Waals surface area contributed by atoms with Gasteiger partial charge >= 0.3 is 6.18 Å². The van der Waals surface area contributed by atoms with Crippen molar-refractivity contribution in [3.05, 3.63) is 27.7 Å². The minimum atomic E-state index is -4.36. The fourth-order valence-electron chi connectivity index (χ4n) is 1.06. The maximum Gasteiger partial charge on any atom is 0.417 e. The van der Waals surface area contributed by atoms with Gasteiger partial charge in [-0.3, -0.25) is 0 Å². The fraction of sp³-hybridized carbons (Fsp3) is 0.125. The summed E-state index contributed by atoms with van der Waals surface area (Å²) in [5, 5.41) is 0.365. The van der Waals surface area contributed by atoms with Crippen molar-refractivity contribution < 1.29 is 17.6 Å². The number of halogens is 4. The van der Waals surface area contributed by atoms with Crippen LogP contribution in [0.5, 0.6) is 0 Å². The summed E-state index contributed by atoms with van der Waals surface area (Å²) in [7, 11) is 0. The van der Waals surface area contributed by atoms with Gasteiger partial charge in [0.2, 0.25) is 5.71 Å². The first-order chi connectivity index (χ1) is 6.47. The third kappa shape index (κ3) is 1.70. The Bertz CT molecular complexity index is 477. The van der Waals surface area contributed by atoms with Crippen molar-refractivity contribution in [1.29, 1.82) is 0 Å². The highest BCUT2D eigenvalue weighted by atomic mass is 127. The summed E-state index contributed by atoms with van der Waals surface area (Å²) in [6.07, 6.45) is -3.59. The molecule has 2 nitrogen and oxygen atoms in total. The molecule has 2 heterocycles. The van der Waals surface area contributed by atoms with Gasteiger partial charge in [0.1, 0.15) is 0 Å². The summed E-state index contributed by atoms with van der Waals surface area (Å²) < 4.78 is 42.3. The molecule has 0 fully saturated rings. The quantitative estimate of drug-likeness (QED) is 0.696. The van der Waals surface area contributed by atoms with Crippen molar-refractivity contribution in [3.8, 4) is 0 Å². The van der Waals surface area contributed by atoms with Crippen LogP contribution in [0.2, 0.25) is 0 Å². The average Bonchev–Trinajstić information content (AvgIpc) is 2.41. The van der Waals surface area contributed by atoms with E-state index in [0.717, 1.165) is 12.3 Å². The Labute approximate surface area is 90.3 Å². The standard InChI is InChI=1S/C8H3F3INO/c9-8(10,11)5-1-4-2-6(12)14-7(4)13-3-5/h1-3H. The summed E-state index contributed by atoms with van der Waals surface area (Å²) in [5.74, 6) is 0. The molecule has 0 unspecified atom stereocenters. The van der Waals surface area contributed by atoms with E-state index < -0.39 is 11.7 Å². The van der Waals surface area contributed by atoms with Crippen molar-refractivity contribution >= 4 is 33.7 Å². The first kappa shape index (κ1) is 9.75. The van der Waals surface area contributed by atoms with Gasteiger partial charge < -0.3 is 4.42 Å². The number of alkyl halides is 3. The number of pyridine rings is 1. The van der Waals surface area contributed by atoms with Gasteiger partial charge in [-0.25, -0.2) is 4.98 Å². The third-order valence-corrected chi connectivity index (χ3v) is 2.20. The monoisotopic (exact) mass is 313 g/mol. The van der Waals surface area contributed by atoms with Crippen LogP contribution >= 0.6 is 22.6 Å². The van der Waals surface area contributed by atoms with Gasteiger partial charge in [0.25, 0.3) is 0 Å². The van der Waals surface area contributed by atoms with Crippen LogP contribution < -0.4 is 0 Å². The number of rotatable bonds is 0. The largest absolute Gasteiger partial charge is 0.432 e. The van der Waals surface area contributed by atoms with Gasteiger partial charge in [-0.15, -0.1) is 0 Å². The summed E-state index contributed by atoms with van der Waals surface area (Å²) in [5.41, 5.74) is -0.537. The van der Waals surface area contributed by atoms with E-state index in [1.807, 2.05) is 22.6 Å². The number of aromatic nitrogens is 1. The second-order valence-corrected chi connectivity index (χ2v) is 3.73. The number of hydrogen-bond acceptors (Lipinski definition) is 2. The molecule has 0 aliphatic carbocycles. The SMILES string of the molecule is FC(F)(F)c1cnc2oc(I)cc2c1. The molecule has 0 aromatic carbocycles. The van der Waals surface area contributed by atoms with Crippen molar-refractivity contribution in [2.24, 2.45) is 0 Å². The molecule has 2 aromatic rings. The Balaban J connectivity index is 2.62. The van der Waals surface area contributed by atoms with E-state index >= 15 is 0 Å². The van der Waals surface area contributed by atoms with E-state index in [9.17, 15) is 13.2 Å². The van der Waals surface area contributed by atoms with Gasteiger partial charge in [0.15, 0.2) is 3.77 Å². The lowest BCUT2D eigenvalue weighted by atomic mass is 10.2. The molecule has 6 heteroatoms. The predicted molar refractivity (Wildman–Crippen MR) is 51.7 cm³/mol. The van der Waals surface area contributed by atoms with Crippen LogP contribution in [-0.4, -0.2) is 4.98 Å². The van der Waals surface area contributed by atoms with E-state index in [0.29, 0.717) is 9.15 Å². The fourth-order valence-corrected chi connectivity index (χ4v) is 1.60. The van der Waals surface area contributed by atoms with Crippen LogP contribution in [0.1, 0.15) is 5.56 Å². The maximum absolute atomic E-state index is 12.3. The first-order valence-electron chi connectivity index (χ1n) is 3.59. The maximum atomic E-state index is 12.3. The molecule has 0 bridgehead atoms. The molecule has 2 aromatic heterocycles. The topological polar surface area (TPSA) is 26.0 Å². The minimum Gasteiger partial charge on any atom is -0.432 e. The number of nitrogens with zero attached hydrogens (tertiary/aromatic N) is 1. The van der Waals surface area contributed by atoms with E-state index in [-0.39, 0.29) is 5.71 Å². The van der Waals surface area contributed by atoms with Gasteiger partial charge in [-0.1, -0.05) is 0 Å². The zero-order chi connectivity index (χ0) is 10.3. The molecule has 0 spiro atoms. The second kappa shape index (κ2) is 3.11. The van der Waals surface area contributed by atoms with Gasteiger partial charge in [-0.2, -0.15) is 13.2 Å². The highest BCUT2D eigenvalue weighted by Gasteiger charge is 2.31. The number of hydrogen-bond donors (Lipinski definition) is 0. The lowest BCUT2D eigenvalue weighted by Gasteiger charge is -2.04. The molecule has 14 heavy (non-hydrogen) atoms. The summed E-state index contributed by atoms with van der Waals surface area (Å²) in [4.78, 5) is 3.58. The van der Waals surface area contributed by atoms with Crippen LogP contribution in [0.4, 0.5) is 13.2 Å². The zero-order valence-corrected chi connectivity index (χ0v) is 8.76. The molecule has 0 aliphatic rings. The smallest absolute Gasteiger partial charge is 0.417 e. The van der Waals surface area contributed by atoms with Crippen molar-refractivity contribution in [3.63, 3.8) is 0 Å². The van der Waals surface area contributed by atoms with Crippen molar-refractivity contribution in [1.82, 2.24) is 4.98 Å². The molecule has 0 N–H and O–H groups in total. The third-order valence-electron chi connectivity index (χ3n) is 1.67. The molecular weight excluding hydrogens is 310 g/mol. The highest BCUT2D eigenvalue weighted by molar-refractivity contribution is 14.1. The molecular formula is C8H3F3INO. The van der Waals surface area contributed by atoms with E-state index in [4.69, 9.17) is 4.42 Å². The molecule has 0 aliphatic heterocycles. The average molecular weight is 313 g/mol. The van der Waals surface area contributed by atoms with Crippen LogP contribution in [0.3, 0.4) is 0 Å². The Morgan fingerprint density at radius 3 is 2.64 bits per heavy atom. The van der Waals surface area contributed by atoms with Gasteiger partial charge in [-0.05, 0) is 34.7 Å².